The summed E-state index contributed by atoms with van der Waals surface area (Å²) in [5.74, 6) is -0.459. The maximum Gasteiger partial charge on any atom is 0.433 e. The summed E-state index contributed by atoms with van der Waals surface area (Å²) in [5.41, 5.74) is 10.8. The fraction of sp³-hybridized carbons (Fsp3) is 0.444. The fourth-order valence-corrected chi connectivity index (χ4v) is 3.97. The number of hydrazine groups is 1. The van der Waals surface area contributed by atoms with Crippen LogP contribution in [0.1, 0.15) is 25.0 Å². The average Bonchev–Trinajstić information content (AvgIpc) is 3.11. The predicted octanol–water partition coefficient (Wildman–Crippen LogP) is 1.47. The lowest BCUT2D eigenvalue weighted by Gasteiger charge is -2.33. The minimum absolute atomic E-state index is 0.0412. The molecular formula is C18H20F3N7O. The second-order valence-electron chi connectivity index (χ2n) is 7.29. The molecule has 4 unspecified atom stereocenters. The van der Waals surface area contributed by atoms with E-state index in [4.69, 9.17) is 5.73 Å². The molecule has 1 aliphatic carbocycles. The van der Waals surface area contributed by atoms with E-state index < -0.39 is 23.8 Å². The molecule has 29 heavy (non-hydrogen) atoms. The van der Waals surface area contributed by atoms with E-state index in [-0.39, 0.29) is 29.6 Å². The molecule has 2 aromatic rings. The van der Waals surface area contributed by atoms with Crippen LogP contribution in [0.4, 0.5) is 19.0 Å². The lowest BCUT2D eigenvalue weighted by atomic mass is 9.79. The summed E-state index contributed by atoms with van der Waals surface area (Å²) < 4.78 is 40.1. The van der Waals surface area contributed by atoms with Gasteiger partial charge in [0.2, 0.25) is 5.91 Å². The number of alkyl halides is 3. The molecule has 1 saturated heterocycles. The SMILES string of the molecule is NC(=O)C1NNC2CCC(Nc3cc(C(F)(F)F)nc(-c4cccnc4)n3)CC21. The molecule has 4 rings (SSSR count). The topological polar surface area (TPSA) is 118 Å². The van der Waals surface area contributed by atoms with Gasteiger partial charge in [-0.15, -0.1) is 0 Å². The molecule has 1 saturated carbocycles. The molecule has 4 atom stereocenters. The standard InChI is InChI=1S/C18H20F3N7O/c19-18(20,21)13-7-14(26-17(25-13)9-2-1-5-23-8-9)24-10-3-4-12-11(6-10)15(16(22)29)28-27-12/h1-2,5,7-8,10-12,15,27-28H,3-4,6H2,(H2,22,29)(H,24,25,26). The third-order valence-corrected chi connectivity index (χ3v) is 5.35. The largest absolute Gasteiger partial charge is 0.433 e. The van der Waals surface area contributed by atoms with Crippen molar-refractivity contribution in [3.05, 3.63) is 36.3 Å². The highest BCUT2D eigenvalue weighted by Gasteiger charge is 2.43. The molecule has 0 spiro atoms. The maximum absolute atomic E-state index is 13.4. The zero-order chi connectivity index (χ0) is 20.6. The number of nitrogens with one attached hydrogen (secondary N) is 3. The third kappa shape index (κ3) is 4.15. The molecule has 2 aromatic heterocycles. The Hall–Kier alpha value is -2.79. The Labute approximate surface area is 164 Å². The van der Waals surface area contributed by atoms with Gasteiger partial charge in [0.1, 0.15) is 11.9 Å². The van der Waals surface area contributed by atoms with Crippen LogP contribution in [0.3, 0.4) is 0 Å². The first-order valence-electron chi connectivity index (χ1n) is 9.25. The summed E-state index contributed by atoms with van der Waals surface area (Å²) in [6.07, 6.45) is 0.377. The number of rotatable bonds is 4. The maximum atomic E-state index is 13.4. The van der Waals surface area contributed by atoms with Gasteiger partial charge in [-0.25, -0.2) is 15.4 Å². The van der Waals surface area contributed by atoms with Crippen molar-refractivity contribution in [3.63, 3.8) is 0 Å². The van der Waals surface area contributed by atoms with E-state index in [1.807, 2.05) is 0 Å². The quantitative estimate of drug-likeness (QED) is 0.606. The number of anilines is 1. The molecule has 0 radical (unpaired) electrons. The van der Waals surface area contributed by atoms with E-state index in [0.717, 1.165) is 18.9 Å². The number of nitrogens with zero attached hydrogens (tertiary/aromatic N) is 3. The van der Waals surface area contributed by atoms with Crippen molar-refractivity contribution in [1.29, 1.82) is 0 Å². The van der Waals surface area contributed by atoms with Gasteiger partial charge in [-0.1, -0.05) is 0 Å². The van der Waals surface area contributed by atoms with Gasteiger partial charge in [0, 0.05) is 42.0 Å². The van der Waals surface area contributed by atoms with Gasteiger partial charge < -0.3 is 11.1 Å². The third-order valence-electron chi connectivity index (χ3n) is 5.35. The van der Waals surface area contributed by atoms with Crippen LogP contribution < -0.4 is 21.9 Å². The number of pyridine rings is 1. The second-order valence-corrected chi connectivity index (χ2v) is 7.29. The van der Waals surface area contributed by atoms with E-state index in [2.05, 4.69) is 31.1 Å². The normalized spacial score (nSPS) is 26.7. The minimum atomic E-state index is -4.61. The highest BCUT2D eigenvalue weighted by molar-refractivity contribution is 5.80. The fourth-order valence-electron chi connectivity index (χ4n) is 3.97. The first kappa shape index (κ1) is 19.5. The van der Waals surface area contributed by atoms with Crippen molar-refractivity contribution in [3.8, 4) is 11.4 Å². The summed E-state index contributed by atoms with van der Waals surface area (Å²) in [5, 5.41) is 3.10. The molecule has 1 aliphatic heterocycles. The molecule has 3 heterocycles. The molecule has 0 aromatic carbocycles. The van der Waals surface area contributed by atoms with E-state index in [1.165, 1.54) is 12.4 Å². The number of primary amides is 1. The van der Waals surface area contributed by atoms with Gasteiger partial charge in [0.15, 0.2) is 11.5 Å². The molecule has 5 N–H and O–H groups in total. The van der Waals surface area contributed by atoms with E-state index in [9.17, 15) is 18.0 Å². The lowest BCUT2D eigenvalue weighted by Crippen LogP contribution is -2.44. The molecule has 2 aliphatic rings. The Balaban J connectivity index is 1.59. The van der Waals surface area contributed by atoms with Crippen LogP contribution in [0.15, 0.2) is 30.6 Å². The van der Waals surface area contributed by atoms with Gasteiger partial charge in [-0.05, 0) is 31.4 Å². The molecule has 1 amide bonds. The molecule has 154 valence electrons. The average molecular weight is 407 g/mol. The highest BCUT2D eigenvalue weighted by Crippen LogP contribution is 2.34. The van der Waals surface area contributed by atoms with Crippen molar-refractivity contribution in [2.24, 2.45) is 11.7 Å². The summed E-state index contributed by atoms with van der Waals surface area (Å²) in [4.78, 5) is 23.5. The molecule has 2 fully saturated rings. The number of carbonyl (C=O) groups is 1. The molecule has 0 bridgehead atoms. The Kier molecular flexibility index (Phi) is 5.09. The van der Waals surface area contributed by atoms with E-state index in [1.54, 1.807) is 12.1 Å². The van der Waals surface area contributed by atoms with Crippen LogP contribution in [0.2, 0.25) is 0 Å². The first-order valence-corrected chi connectivity index (χ1v) is 9.25. The minimum Gasteiger partial charge on any atom is -0.368 e. The van der Waals surface area contributed by atoms with Gasteiger partial charge >= 0.3 is 6.18 Å². The second kappa shape index (κ2) is 7.56. The van der Waals surface area contributed by atoms with E-state index in [0.29, 0.717) is 12.0 Å². The van der Waals surface area contributed by atoms with Crippen molar-refractivity contribution in [1.82, 2.24) is 25.8 Å². The number of aromatic nitrogens is 3. The zero-order valence-corrected chi connectivity index (χ0v) is 15.3. The van der Waals surface area contributed by atoms with Crippen molar-refractivity contribution in [2.45, 2.75) is 43.6 Å². The number of carbonyl (C=O) groups excluding carboxylic acids is 1. The molecule has 8 nitrogen and oxygen atoms in total. The van der Waals surface area contributed by atoms with Crippen LogP contribution in [0.25, 0.3) is 11.4 Å². The van der Waals surface area contributed by atoms with Crippen molar-refractivity contribution in [2.75, 3.05) is 5.32 Å². The Morgan fingerprint density at radius 2 is 2.07 bits per heavy atom. The van der Waals surface area contributed by atoms with Crippen molar-refractivity contribution < 1.29 is 18.0 Å². The van der Waals surface area contributed by atoms with Crippen LogP contribution in [-0.4, -0.2) is 39.0 Å². The highest BCUT2D eigenvalue weighted by atomic mass is 19.4. The number of hydrogen-bond donors (Lipinski definition) is 4. The number of fused-ring (bicyclic) bond motifs is 1. The molecular weight excluding hydrogens is 387 g/mol. The Bertz CT molecular complexity index is 893. The number of amides is 1. The monoisotopic (exact) mass is 407 g/mol. The van der Waals surface area contributed by atoms with E-state index >= 15 is 0 Å². The van der Waals surface area contributed by atoms with Crippen LogP contribution in [0.5, 0.6) is 0 Å². The number of nitrogens with two attached hydrogens (primary N) is 1. The first-order chi connectivity index (χ1) is 13.8. The lowest BCUT2D eigenvalue weighted by molar-refractivity contribution is -0.141. The van der Waals surface area contributed by atoms with Crippen LogP contribution >= 0.6 is 0 Å². The van der Waals surface area contributed by atoms with Gasteiger partial charge in [0.25, 0.3) is 0 Å². The van der Waals surface area contributed by atoms with Gasteiger partial charge in [0.05, 0.1) is 0 Å². The summed E-state index contributed by atoms with van der Waals surface area (Å²) in [6, 6.07) is 3.57. The Morgan fingerprint density at radius 3 is 2.76 bits per heavy atom. The number of hydrogen-bond acceptors (Lipinski definition) is 7. The summed E-state index contributed by atoms with van der Waals surface area (Å²) >= 11 is 0. The smallest absolute Gasteiger partial charge is 0.368 e. The number of halogens is 3. The van der Waals surface area contributed by atoms with Crippen LogP contribution in [-0.2, 0) is 11.0 Å². The Morgan fingerprint density at radius 1 is 1.24 bits per heavy atom. The zero-order valence-electron chi connectivity index (χ0n) is 15.3. The van der Waals surface area contributed by atoms with Crippen molar-refractivity contribution >= 4 is 11.7 Å². The summed E-state index contributed by atoms with van der Waals surface area (Å²) in [6.45, 7) is 0. The summed E-state index contributed by atoms with van der Waals surface area (Å²) in [7, 11) is 0. The van der Waals surface area contributed by atoms with Gasteiger partial charge in [-0.2, -0.15) is 13.2 Å². The van der Waals surface area contributed by atoms with Crippen LogP contribution in [0, 0.1) is 5.92 Å². The predicted molar refractivity (Wildman–Crippen MR) is 98.1 cm³/mol. The van der Waals surface area contributed by atoms with Gasteiger partial charge in [-0.3, -0.25) is 15.2 Å². The molecule has 11 heteroatoms.